The van der Waals surface area contributed by atoms with Gasteiger partial charge < -0.3 is 11.1 Å². The van der Waals surface area contributed by atoms with Crippen molar-refractivity contribution in [2.24, 2.45) is 5.73 Å². The summed E-state index contributed by atoms with van der Waals surface area (Å²) in [5.41, 5.74) is 5.53. The summed E-state index contributed by atoms with van der Waals surface area (Å²) >= 11 is 0. The highest BCUT2D eigenvalue weighted by molar-refractivity contribution is 5.92. The molecule has 0 bridgehead atoms. The molecule has 0 radical (unpaired) electrons. The Morgan fingerprint density at radius 1 is 1.07 bits per heavy atom. The largest absolute Gasteiger partial charge is 0.366 e. The van der Waals surface area contributed by atoms with Crippen LogP contribution in [0.25, 0.3) is 0 Å². The average molecular weight is 206 g/mol. The van der Waals surface area contributed by atoms with E-state index in [9.17, 15) is 4.79 Å². The van der Waals surface area contributed by atoms with Crippen LogP contribution in [0, 0.1) is 0 Å². The third kappa shape index (κ3) is 5.18. The van der Waals surface area contributed by atoms with Gasteiger partial charge in [-0.25, -0.2) is 0 Å². The molecular formula is C12H18N2O. The first-order chi connectivity index (χ1) is 7.30. The van der Waals surface area contributed by atoms with Crippen LogP contribution in [-0.4, -0.2) is 19.0 Å². The molecule has 0 atom stereocenters. The first-order valence-corrected chi connectivity index (χ1v) is 5.36. The highest BCUT2D eigenvalue weighted by Gasteiger charge is 1.94. The van der Waals surface area contributed by atoms with Crippen molar-refractivity contribution in [3.8, 4) is 0 Å². The van der Waals surface area contributed by atoms with Gasteiger partial charge in [0.2, 0.25) is 5.91 Å². The smallest absolute Gasteiger partial charge is 0.248 e. The van der Waals surface area contributed by atoms with E-state index in [1.54, 1.807) is 24.3 Å². The molecule has 0 unspecified atom stereocenters. The van der Waals surface area contributed by atoms with Gasteiger partial charge in [0.15, 0.2) is 0 Å². The van der Waals surface area contributed by atoms with Gasteiger partial charge in [-0.1, -0.05) is 24.6 Å². The van der Waals surface area contributed by atoms with Gasteiger partial charge in [-0.05, 0) is 38.1 Å². The summed E-state index contributed by atoms with van der Waals surface area (Å²) in [7, 11) is 0. The highest BCUT2D eigenvalue weighted by Crippen LogP contribution is 1.96. The van der Waals surface area contributed by atoms with Crippen LogP contribution in [0.1, 0.15) is 29.6 Å². The fraction of sp³-hybridized carbons (Fsp3) is 0.417. The Labute approximate surface area is 90.7 Å². The number of carbonyl (C=O) groups excluding carboxylic acids is 1. The molecule has 1 saturated heterocycles. The van der Waals surface area contributed by atoms with Gasteiger partial charge in [0.25, 0.3) is 0 Å². The lowest BCUT2D eigenvalue weighted by atomic mass is 10.2. The van der Waals surface area contributed by atoms with Crippen molar-refractivity contribution in [2.75, 3.05) is 13.1 Å². The number of nitrogens with one attached hydrogen (secondary N) is 1. The Morgan fingerprint density at radius 3 is 1.93 bits per heavy atom. The third-order valence-corrected chi connectivity index (χ3v) is 2.27. The van der Waals surface area contributed by atoms with E-state index in [-0.39, 0.29) is 5.91 Å². The molecule has 2 rings (SSSR count). The van der Waals surface area contributed by atoms with Crippen LogP contribution in [0.5, 0.6) is 0 Å². The summed E-state index contributed by atoms with van der Waals surface area (Å²) in [6.07, 6.45) is 4.22. The van der Waals surface area contributed by atoms with Crippen molar-refractivity contribution in [1.29, 1.82) is 0 Å². The highest BCUT2D eigenvalue weighted by atomic mass is 16.1. The van der Waals surface area contributed by atoms with Crippen molar-refractivity contribution in [3.63, 3.8) is 0 Å². The zero-order chi connectivity index (χ0) is 10.9. The summed E-state index contributed by atoms with van der Waals surface area (Å²) in [5.74, 6) is -0.379. The fourth-order valence-electron chi connectivity index (χ4n) is 1.40. The minimum absolute atomic E-state index is 0.379. The molecule has 3 heteroatoms. The van der Waals surface area contributed by atoms with Gasteiger partial charge in [-0.3, -0.25) is 4.79 Å². The zero-order valence-corrected chi connectivity index (χ0v) is 8.91. The number of nitrogens with two attached hydrogens (primary N) is 1. The van der Waals surface area contributed by atoms with Gasteiger partial charge in [-0.15, -0.1) is 0 Å². The van der Waals surface area contributed by atoms with Crippen LogP contribution in [0.3, 0.4) is 0 Å². The van der Waals surface area contributed by atoms with Crippen molar-refractivity contribution in [1.82, 2.24) is 5.32 Å². The molecule has 3 nitrogen and oxygen atoms in total. The molecule has 0 saturated carbocycles. The molecule has 15 heavy (non-hydrogen) atoms. The lowest BCUT2D eigenvalue weighted by Gasteiger charge is -2.08. The maximum atomic E-state index is 10.4. The normalized spacial score (nSPS) is 14.9. The number of rotatable bonds is 1. The standard InChI is InChI=1S/C7H7NO.C5H11N/c8-7(9)6-4-2-1-3-5-6;1-2-4-6-5-3-1/h1-5H,(H2,8,9);6H,1-5H2. The number of carbonyl (C=O) groups is 1. The number of primary amides is 1. The minimum atomic E-state index is -0.379. The lowest BCUT2D eigenvalue weighted by molar-refractivity contribution is 0.100. The van der Waals surface area contributed by atoms with Crippen molar-refractivity contribution < 1.29 is 4.79 Å². The van der Waals surface area contributed by atoms with E-state index < -0.39 is 0 Å². The second-order valence-electron chi connectivity index (χ2n) is 3.54. The molecule has 1 aromatic carbocycles. The van der Waals surface area contributed by atoms with Crippen LogP contribution in [-0.2, 0) is 0 Å². The van der Waals surface area contributed by atoms with Gasteiger partial charge in [0.05, 0.1) is 0 Å². The maximum Gasteiger partial charge on any atom is 0.248 e. The van der Waals surface area contributed by atoms with E-state index in [0.29, 0.717) is 5.56 Å². The summed E-state index contributed by atoms with van der Waals surface area (Å²) in [6, 6.07) is 8.76. The number of piperidine rings is 1. The Hall–Kier alpha value is -1.35. The molecular weight excluding hydrogens is 188 g/mol. The molecule has 0 spiro atoms. The predicted molar refractivity (Wildman–Crippen MR) is 61.7 cm³/mol. The minimum Gasteiger partial charge on any atom is -0.366 e. The van der Waals surface area contributed by atoms with Crippen LogP contribution in [0.2, 0.25) is 0 Å². The molecule has 1 aliphatic rings. The molecule has 1 heterocycles. The van der Waals surface area contributed by atoms with Crippen LogP contribution < -0.4 is 11.1 Å². The summed E-state index contributed by atoms with van der Waals surface area (Å²) in [4.78, 5) is 10.4. The quantitative estimate of drug-likeness (QED) is 0.732. The van der Waals surface area contributed by atoms with Crippen LogP contribution >= 0.6 is 0 Å². The monoisotopic (exact) mass is 206 g/mol. The Kier molecular flexibility index (Phi) is 5.48. The number of amides is 1. The summed E-state index contributed by atoms with van der Waals surface area (Å²) in [6.45, 7) is 2.50. The topological polar surface area (TPSA) is 55.1 Å². The van der Waals surface area contributed by atoms with Crippen molar-refractivity contribution >= 4 is 5.91 Å². The number of benzene rings is 1. The van der Waals surface area contributed by atoms with E-state index in [1.165, 1.54) is 32.4 Å². The van der Waals surface area contributed by atoms with Gasteiger partial charge in [0, 0.05) is 5.56 Å². The van der Waals surface area contributed by atoms with Gasteiger partial charge in [-0.2, -0.15) is 0 Å². The molecule has 1 fully saturated rings. The SMILES string of the molecule is C1CCNCC1.NC(=O)c1ccccc1. The fourth-order valence-corrected chi connectivity index (χ4v) is 1.40. The Morgan fingerprint density at radius 2 is 1.67 bits per heavy atom. The average Bonchev–Trinajstić information content (AvgIpc) is 2.33. The Balaban J connectivity index is 0.000000162. The second-order valence-corrected chi connectivity index (χ2v) is 3.54. The van der Waals surface area contributed by atoms with Crippen LogP contribution in [0.15, 0.2) is 30.3 Å². The maximum absolute atomic E-state index is 10.4. The van der Waals surface area contributed by atoms with Crippen molar-refractivity contribution in [2.45, 2.75) is 19.3 Å². The second kappa shape index (κ2) is 7.01. The van der Waals surface area contributed by atoms with Gasteiger partial charge in [0.1, 0.15) is 0 Å². The lowest BCUT2D eigenvalue weighted by Crippen LogP contribution is -2.21. The van der Waals surface area contributed by atoms with Crippen molar-refractivity contribution in [3.05, 3.63) is 35.9 Å². The van der Waals surface area contributed by atoms with Gasteiger partial charge >= 0.3 is 0 Å². The molecule has 1 aromatic rings. The van der Waals surface area contributed by atoms with Crippen LogP contribution in [0.4, 0.5) is 0 Å². The van der Waals surface area contributed by atoms with E-state index in [0.717, 1.165) is 0 Å². The van der Waals surface area contributed by atoms with E-state index in [2.05, 4.69) is 5.32 Å². The molecule has 0 aliphatic carbocycles. The first kappa shape index (κ1) is 11.7. The number of hydrogen-bond acceptors (Lipinski definition) is 2. The molecule has 1 amide bonds. The molecule has 82 valence electrons. The Bertz CT molecular complexity index is 269. The summed E-state index contributed by atoms with van der Waals surface area (Å²) in [5, 5.41) is 3.28. The van der Waals surface area contributed by atoms with E-state index in [1.807, 2.05) is 6.07 Å². The molecule has 3 N–H and O–H groups in total. The third-order valence-electron chi connectivity index (χ3n) is 2.27. The molecule has 0 aromatic heterocycles. The number of hydrogen-bond donors (Lipinski definition) is 2. The molecule has 1 aliphatic heterocycles. The zero-order valence-electron chi connectivity index (χ0n) is 8.91. The van der Waals surface area contributed by atoms with E-state index >= 15 is 0 Å². The first-order valence-electron chi connectivity index (χ1n) is 5.36. The van der Waals surface area contributed by atoms with E-state index in [4.69, 9.17) is 5.73 Å². The summed E-state index contributed by atoms with van der Waals surface area (Å²) < 4.78 is 0. The predicted octanol–water partition coefficient (Wildman–Crippen LogP) is 1.55.